The topological polar surface area (TPSA) is 55.1 Å². The fraction of sp³-hybridized carbons (Fsp3) is 0.158. The highest BCUT2D eigenvalue weighted by molar-refractivity contribution is 6.30. The number of benzene rings is 2. The zero-order valence-corrected chi connectivity index (χ0v) is 14.2. The summed E-state index contributed by atoms with van der Waals surface area (Å²) in [6.07, 6.45) is 0. The molecule has 2 aromatic carbocycles. The van der Waals surface area contributed by atoms with E-state index in [4.69, 9.17) is 16.1 Å². The largest absolute Gasteiger partial charge is 0.355 e. The van der Waals surface area contributed by atoms with E-state index in [0.717, 1.165) is 11.1 Å². The van der Waals surface area contributed by atoms with Gasteiger partial charge in [-0.05, 0) is 43.7 Å². The summed E-state index contributed by atoms with van der Waals surface area (Å²) in [4.78, 5) is 12.7. The SMILES string of the molecule is Cc1noc(-c2ccc(Cl)cc2)c1C(=O)N[C@@H](C)c1ccccc1. The lowest BCUT2D eigenvalue weighted by Gasteiger charge is -2.14. The van der Waals surface area contributed by atoms with Crippen molar-refractivity contribution in [1.29, 1.82) is 0 Å². The second-order valence-corrected chi connectivity index (χ2v) is 6.02. The van der Waals surface area contributed by atoms with Crippen LogP contribution in [0.1, 0.15) is 34.6 Å². The van der Waals surface area contributed by atoms with E-state index in [-0.39, 0.29) is 11.9 Å². The van der Waals surface area contributed by atoms with Crippen LogP contribution in [0.5, 0.6) is 0 Å². The number of hydrogen-bond donors (Lipinski definition) is 1. The van der Waals surface area contributed by atoms with Gasteiger partial charge in [0, 0.05) is 10.6 Å². The molecule has 0 saturated carbocycles. The van der Waals surface area contributed by atoms with Gasteiger partial charge in [-0.3, -0.25) is 4.79 Å². The predicted molar refractivity (Wildman–Crippen MR) is 94.0 cm³/mol. The molecule has 1 N–H and O–H groups in total. The molecule has 1 amide bonds. The fourth-order valence-corrected chi connectivity index (χ4v) is 2.66. The first-order valence-corrected chi connectivity index (χ1v) is 8.02. The summed E-state index contributed by atoms with van der Waals surface area (Å²) >= 11 is 5.92. The summed E-state index contributed by atoms with van der Waals surface area (Å²) in [5.74, 6) is 0.233. The molecule has 24 heavy (non-hydrogen) atoms. The van der Waals surface area contributed by atoms with Gasteiger partial charge in [-0.2, -0.15) is 0 Å². The van der Waals surface area contributed by atoms with E-state index in [1.807, 2.05) is 37.3 Å². The molecule has 3 rings (SSSR count). The third-order valence-electron chi connectivity index (χ3n) is 3.84. The normalized spacial score (nSPS) is 12.0. The number of carbonyl (C=O) groups is 1. The number of halogens is 1. The Labute approximate surface area is 145 Å². The average molecular weight is 341 g/mol. The molecule has 0 fully saturated rings. The van der Waals surface area contributed by atoms with Crippen molar-refractivity contribution in [2.45, 2.75) is 19.9 Å². The molecular formula is C19H17ClN2O2. The smallest absolute Gasteiger partial charge is 0.257 e. The van der Waals surface area contributed by atoms with Crippen LogP contribution in [0.15, 0.2) is 59.1 Å². The van der Waals surface area contributed by atoms with Gasteiger partial charge in [0.15, 0.2) is 5.76 Å². The van der Waals surface area contributed by atoms with Crippen LogP contribution < -0.4 is 5.32 Å². The molecule has 0 saturated heterocycles. The highest BCUT2D eigenvalue weighted by Crippen LogP contribution is 2.28. The predicted octanol–water partition coefficient (Wildman–Crippen LogP) is 4.79. The Balaban J connectivity index is 1.88. The second-order valence-electron chi connectivity index (χ2n) is 5.58. The van der Waals surface area contributed by atoms with Crippen molar-refractivity contribution in [3.63, 3.8) is 0 Å². The number of amides is 1. The van der Waals surface area contributed by atoms with Crippen molar-refractivity contribution in [3.8, 4) is 11.3 Å². The minimum Gasteiger partial charge on any atom is -0.355 e. The molecule has 3 aromatic rings. The van der Waals surface area contributed by atoms with Crippen molar-refractivity contribution in [2.24, 2.45) is 0 Å². The van der Waals surface area contributed by atoms with E-state index in [2.05, 4.69) is 10.5 Å². The third kappa shape index (κ3) is 3.34. The van der Waals surface area contributed by atoms with E-state index in [1.54, 1.807) is 31.2 Å². The van der Waals surface area contributed by atoms with Crippen molar-refractivity contribution >= 4 is 17.5 Å². The van der Waals surface area contributed by atoms with Crippen molar-refractivity contribution < 1.29 is 9.32 Å². The molecule has 0 aliphatic rings. The van der Waals surface area contributed by atoms with E-state index >= 15 is 0 Å². The van der Waals surface area contributed by atoms with Gasteiger partial charge in [-0.25, -0.2) is 0 Å². The molecular weight excluding hydrogens is 324 g/mol. The minimum absolute atomic E-state index is 0.119. The maximum Gasteiger partial charge on any atom is 0.257 e. The van der Waals surface area contributed by atoms with Crippen LogP contribution in [-0.4, -0.2) is 11.1 Å². The molecule has 122 valence electrons. The monoisotopic (exact) mass is 340 g/mol. The van der Waals surface area contributed by atoms with Crippen LogP contribution in [0.3, 0.4) is 0 Å². The Morgan fingerprint density at radius 1 is 1.12 bits per heavy atom. The van der Waals surface area contributed by atoms with Gasteiger partial charge in [0.2, 0.25) is 0 Å². The van der Waals surface area contributed by atoms with Gasteiger partial charge in [-0.1, -0.05) is 47.1 Å². The Morgan fingerprint density at radius 3 is 2.46 bits per heavy atom. The van der Waals surface area contributed by atoms with E-state index in [9.17, 15) is 4.79 Å². The van der Waals surface area contributed by atoms with Crippen LogP contribution in [0, 0.1) is 6.92 Å². The van der Waals surface area contributed by atoms with Crippen LogP contribution in [0.25, 0.3) is 11.3 Å². The summed E-state index contributed by atoms with van der Waals surface area (Å²) in [5, 5.41) is 7.57. The molecule has 0 bridgehead atoms. The van der Waals surface area contributed by atoms with Crippen molar-refractivity contribution in [2.75, 3.05) is 0 Å². The van der Waals surface area contributed by atoms with E-state index < -0.39 is 0 Å². The summed E-state index contributed by atoms with van der Waals surface area (Å²) in [6.45, 7) is 3.70. The summed E-state index contributed by atoms with van der Waals surface area (Å²) < 4.78 is 5.38. The number of carbonyl (C=O) groups excluding carboxylic acids is 1. The molecule has 5 heteroatoms. The quantitative estimate of drug-likeness (QED) is 0.742. The van der Waals surface area contributed by atoms with Gasteiger partial charge >= 0.3 is 0 Å². The van der Waals surface area contributed by atoms with Crippen LogP contribution in [0.4, 0.5) is 0 Å². The lowest BCUT2D eigenvalue weighted by atomic mass is 10.0. The van der Waals surface area contributed by atoms with E-state index in [0.29, 0.717) is 22.0 Å². The van der Waals surface area contributed by atoms with Crippen molar-refractivity contribution in [1.82, 2.24) is 10.5 Å². The number of aryl methyl sites for hydroxylation is 1. The molecule has 4 nitrogen and oxygen atoms in total. The van der Waals surface area contributed by atoms with Crippen molar-refractivity contribution in [3.05, 3.63) is 76.4 Å². The first kappa shape index (κ1) is 16.3. The molecule has 1 aromatic heterocycles. The minimum atomic E-state index is -0.213. The molecule has 0 radical (unpaired) electrons. The van der Waals surface area contributed by atoms with Crippen LogP contribution in [0.2, 0.25) is 5.02 Å². The number of hydrogen-bond acceptors (Lipinski definition) is 3. The maximum absolute atomic E-state index is 12.7. The summed E-state index contributed by atoms with van der Waals surface area (Å²) in [5.41, 5.74) is 2.79. The fourth-order valence-electron chi connectivity index (χ4n) is 2.53. The first-order chi connectivity index (χ1) is 11.6. The highest BCUT2D eigenvalue weighted by atomic mass is 35.5. The first-order valence-electron chi connectivity index (χ1n) is 7.64. The lowest BCUT2D eigenvalue weighted by molar-refractivity contribution is 0.0939. The third-order valence-corrected chi connectivity index (χ3v) is 4.10. The number of nitrogens with one attached hydrogen (secondary N) is 1. The molecule has 0 aliphatic carbocycles. The van der Waals surface area contributed by atoms with Gasteiger partial charge in [0.05, 0.1) is 11.7 Å². The maximum atomic E-state index is 12.7. The van der Waals surface area contributed by atoms with Gasteiger partial charge in [-0.15, -0.1) is 0 Å². The summed E-state index contributed by atoms with van der Waals surface area (Å²) in [6, 6.07) is 16.8. The molecule has 0 aliphatic heterocycles. The van der Waals surface area contributed by atoms with Gasteiger partial charge < -0.3 is 9.84 Å². The Kier molecular flexibility index (Phi) is 4.67. The number of aromatic nitrogens is 1. The molecule has 0 unspecified atom stereocenters. The van der Waals surface area contributed by atoms with E-state index in [1.165, 1.54) is 0 Å². The van der Waals surface area contributed by atoms with Gasteiger partial charge in [0.1, 0.15) is 5.56 Å². The zero-order chi connectivity index (χ0) is 17.1. The Bertz CT molecular complexity index is 842. The second kappa shape index (κ2) is 6.89. The number of rotatable bonds is 4. The van der Waals surface area contributed by atoms with Gasteiger partial charge in [0.25, 0.3) is 5.91 Å². The average Bonchev–Trinajstić information content (AvgIpc) is 2.98. The van der Waals surface area contributed by atoms with Crippen LogP contribution in [-0.2, 0) is 0 Å². The molecule has 0 spiro atoms. The summed E-state index contributed by atoms with van der Waals surface area (Å²) in [7, 11) is 0. The Hall–Kier alpha value is -2.59. The zero-order valence-electron chi connectivity index (χ0n) is 13.4. The molecule has 1 heterocycles. The standard InChI is InChI=1S/C19H17ClN2O2/c1-12(14-6-4-3-5-7-14)21-19(23)17-13(2)22-24-18(17)15-8-10-16(20)11-9-15/h3-12H,1-2H3,(H,21,23)/t12-/m0/s1. The number of nitrogens with zero attached hydrogens (tertiary/aromatic N) is 1. The lowest BCUT2D eigenvalue weighted by Crippen LogP contribution is -2.27. The van der Waals surface area contributed by atoms with Crippen LogP contribution >= 0.6 is 11.6 Å². The highest BCUT2D eigenvalue weighted by Gasteiger charge is 2.23. The molecule has 1 atom stereocenters. The Morgan fingerprint density at radius 2 is 1.79 bits per heavy atom.